The van der Waals surface area contributed by atoms with Crippen LogP contribution in [0.1, 0.15) is 35.6 Å². The summed E-state index contributed by atoms with van der Waals surface area (Å²) in [6.45, 7) is 6.92. The molecule has 3 aromatic rings. The highest BCUT2D eigenvalue weighted by molar-refractivity contribution is 5.75. The van der Waals surface area contributed by atoms with Crippen LogP contribution in [0.2, 0.25) is 0 Å². The van der Waals surface area contributed by atoms with Crippen molar-refractivity contribution in [3.63, 3.8) is 0 Å². The summed E-state index contributed by atoms with van der Waals surface area (Å²) in [5.74, 6) is 0. The number of hydrogen-bond acceptors (Lipinski definition) is 3. The van der Waals surface area contributed by atoms with E-state index in [0.717, 1.165) is 54.6 Å². The number of nitrogens with zero attached hydrogens (tertiary/aromatic N) is 2. The van der Waals surface area contributed by atoms with Crippen molar-refractivity contribution in [2.75, 3.05) is 13.1 Å². The number of aromatic nitrogens is 2. The van der Waals surface area contributed by atoms with Gasteiger partial charge in [0.05, 0.1) is 11.0 Å². The normalized spacial score (nSPS) is 15.1. The third kappa shape index (κ3) is 3.86. The molecule has 138 valence electrons. The van der Waals surface area contributed by atoms with Gasteiger partial charge in [0.1, 0.15) is 0 Å². The van der Waals surface area contributed by atoms with Crippen LogP contribution in [-0.2, 0) is 13.0 Å². The van der Waals surface area contributed by atoms with Gasteiger partial charge >= 0.3 is 0 Å². The van der Waals surface area contributed by atoms with Crippen molar-refractivity contribution in [2.45, 2.75) is 33.2 Å². The van der Waals surface area contributed by atoms with E-state index in [4.69, 9.17) is 0 Å². The summed E-state index contributed by atoms with van der Waals surface area (Å²) in [5, 5.41) is 0. The molecule has 0 fully saturated rings. The summed E-state index contributed by atoms with van der Waals surface area (Å²) in [6.07, 6.45) is 6.04. The summed E-state index contributed by atoms with van der Waals surface area (Å²) in [6, 6.07) is 12.7. The summed E-state index contributed by atoms with van der Waals surface area (Å²) in [7, 11) is 0. The van der Waals surface area contributed by atoms with Crippen LogP contribution in [0.5, 0.6) is 0 Å². The fourth-order valence-electron chi connectivity index (χ4n) is 3.66. The lowest BCUT2D eigenvalue weighted by Crippen LogP contribution is -2.28. The van der Waals surface area contributed by atoms with Gasteiger partial charge in [-0.2, -0.15) is 0 Å². The first-order valence-electron chi connectivity index (χ1n) is 9.61. The molecule has 0 saturated carbocycles. The van der Waals surface area contributed by atoms with Crippen molar-refractivity contribution in [2.24, 2.45) is 0 Å². The van der Waals surface area contributed by atoms with Gasteiger partial charge in [0.25, 0.3) is 5.56 Å². The second kappa shape index (κ2) is 7.49. The number of aromatic amines is 1. The molecular weight excluding hydrogens is 334 g/mol. The Hall–Kier alpha value is -2.72. The number of pyridine rings is 2. The molecule has 3 heterocycles. The van der Waals surface area contributed by atoms with E-state index in [1.807, 2.05) is 19.2 Å². The van der Waals surface area contributed by atoms with E-state index < -0.39 is 0 Å². The Morgan fingerprint density at radius 2 is 2.00 bits per heavy atom. The number of aryl methyl sites for hydroxylation is 2. The van der Waals surface area contributed by atoms with Gasteiger partial charge < -0.3 is 4.98 Å². The molecule has 0 unspecified atom stereocenters. The van der Waals surface area contributed by atoms with Crippen LogP contribution in [0.15, 0.2) is 53.5 Å². The van der Waals surface area contributed by atoms with Crippen molar-refractivity contribution in [3.8, 4) is 0 Å². The molecule has 0 radical (unpaired) electrons. The van der Waals surface area contributed by atoms with Crippen LogP contribution in [-0.4, -0.2) is 28.0 Å². The average Bonchev–Trinajstić information content (AvgIpc) is 2.69. The summed E-state index contributed by atoms with van der Waals surface area (Å²) in [5.41, 5.74) is 7.65. The van der Waals surface area contributed by atoms with Gasteiger partial charge in [0, 0.05) is 31.4 Å². The second-order valence-electron chi connectivity index (χ2n) is 7.33. The molecule has 1 N–H and O–H groups in total. The van der Waals surface area contributed by atoms with Gasteiger partial charge in [-0.05, 0) is 48.6 Å². The lowest BCUT2D eigenvalue weighted by Gasteiger charge is -2.26. The smallest absolute Gasteiger partial charge is 0.251 e. The van der Waals surface area contributed by atoms with Crippen molar-refractivity contribution in [1.29, 1.82) is 0 Å². The first kappa shape index (κ1) is 17.7. The maximum Gasteiger partial charge on any atom is 0.251 e. The van der Waals surface area contributed by atoms with E-state index in [2.05, 4.69) is 58.2 Å². The molecule has 0 amide bonds. The maximum atomic E-state index is 12.1. The van der Waals surface area contributed by atoms with Crippen molar-refractivity contribution in [3.05, 3.63) is 81.3 Å². The van der Waals surface area contributed by atoms with E-state index in [1.54, 1.807) is 0 Å². The Kier molecular flexibility index (Phi) is 4.90. The van der Waals surface area contributed by atoms with Gasteiger partial charge in [0.15, 0.2) is 0 Å². The third-order valence-corrected chi connectivity index (χ3v) is 5.33. The van der Waals surface area contributed by atoms with Gasteiger partial charge in [-0.3, -0.25) is 14.7 Å². The lowest BCUT2D eigenvalue weighted by atomic mass is 9.98. The van der Waals surface area contributed by atoms with Crippen LogP contribution in [0.4, 0.5) is 0 Å². The minimum Gasteiger partial charge on any atom is -0.320 e. The molecule has 1 aliphatic rings. The Morgan fingerprint density at radius 3 is 2.70 bits per heavy atom. The Labute approximate surface area is 159 Å². The minimum absolute atomic E-state index is 0.00686. The average molecular weight is 359 g/mol. The zero-order valence-corrected chi connectivity index (χ0v) is 16.0. The molecule has 27 heavy (non-hydrogen) atoms. The van der Waals surface area contributed by atoms with E-state index in [0.29, 0.717) is 0 Å². The molecule has 0 spiro atoms. The molecule has 0 saturated heterocycles. The third-order valence-electron chi connectivity index (χ3n) is 5.33. The fourth-order valence-corrected chi connectivity index (χ4v) is 3.66. The highest BCUT2D eigenvalue weighted by Gasteiger charge is 2.14. The molecule has 4 nitrogen and oxygen atoms in total. The van der Waals surface area contributed by atoms with Crippen LogP contribution in [0, 0.1) is 6.92 Å². The predicted molar refractivity (Wildman–Crippen MR) is 111 cm³/mol. The van der Waals surface area contributed by atoms with E-state index >= 15 is 0 Å². The molecule has 4 rings (SSSR count). The topological polar surface area (TPSA) is 49.0 Å². The molecule has 1 aliphatic heterocycles. The molecule has 0 atom stereocenters. The van der Waals surface area contributed by atoms with E-state index in [-0.39, 0.29) is 5.56 Å². The second-order valence-corrected chi connectivity index (χ2v) is 7.33. The molecule has 4 heteroatoms. The molecule has 2 aromatic heterocycles. The van der Waals surface area contributed by atoms with Gasteiger partial charge in [0.2, 0.25) is 0 Å². The lowest BCUT2D eigenvalue weighted by molar-refractivity contribution is 0.293. The largest absolute Gasteiger partial charge is 0.320 e. The Bertz CT molecular complexity index is 1050. The number of fused-ring (bicyclic) bond motifs is 1. The standard InChI is InChI=1S/C23H25N3O/c1-3-18-13-21-22(25-23(18)27)12-17(14-24-21)15-26-10-8-20(9-11-26)19-6-4-16(2)5-7-19/h4-8,12-14H,3,9-11,15H2,1-2H3,(H,25,27). The van der Waals surface area contributed by atoms with E-state index in [1.165, 1.54) is 16.7 Å². The van der Waals surface area contributed by atoms with Gasteiger partial charge in [-0.15, -0.1) is 0 Å². The summed E-state index contributed by atoms with van der Waals surface area (Å²) < 4.78 is 0. The predicted octanol–water partition coefficient (Wildman–Crippen LogP) is 4.08. The summed E-state index contributed by atoms with van der Waals surface area (Å²) >= 11 is 0. The Balaban J connectivity index is 1.48. The molecule has 1 aromatic carbocycles. The maximum absolute atomic E-state index is 12.1. The highest BCUT2D eigenvalue weighted by atomic mass is 16.1. The monoisotopic (exact) mass is 359 g/mol. The number of benzene rings is 1. The molecule has 0 aliphatic carbocycles. The Morgan fingerprint density at radius 1 is 1.19 bits per heavy atom. The number of hydrogen-bond donors (Lipinski definition) is 1. The molecular formula is C23H25N3O. The minimum atomic E-state index is -0.00686. The van der Waals surface area contributed by atoms with Crippen LogP contribution >= 0.6 is 0 Å². The van der Waals surface area contributed by atoms with Crippen molar-refractivity contribution >= 4 is 16.6 Å². The zero-order chi connectivity index (χ0) is 18.8. The number of H-pyrrole nitrogens is 1. The number of rotatable bonds is 4. The van der Waals surface area contributed by atoms with Gasteiger partial charge in [-0.1, -0.05) is 42.8 Å². The SMILES string of the molecule is CCc1cc2ncc(CN3CC=C(c4ccc(C)cc4)CC3)cc2[nH]c1=O. The first-order chi connectivity index (χ1) is 13.1. The molecule has 0 bridgehead atoms. The van der Waals surface area contributed by atoms with Crippen LogP contribution in [0.25, 0.3) is 16.6 Å². The first-order valence-corrected chi connectivity index (χ1v) is 9.61. The quantitative estimate of drug-likeness (QED) is 0.763. The fraction of sp³-hybridized carbons (Fsp3) is 0.304. The zero-order valence-electron chi connectivity index (χ0n) is 16.0. The summed E-state index contributed by atoms with van der Waals surface area (Å²) in [4.78, 5) is 22.0. The highest BCUT2D eigenvalue weighted by Crippen LogP contribution is 2.23. The van der Waals surface area contributed by atoms with E-state index in [9.17, 15) is 4.79 Å². The van der Waals surface area contributed by atoms with Gasteiger partial charge in [-0.25, -0.2) is 0 Å². The number of nitrogens with one attached hydrogen (secondary N) is 1. The van der Waals surface area contributed by atoms with Crippen molar-refractivity contribution < 1.29 is 0 Å². The van der Waals surface area contributed by atoms with Crippen molar-refractivity contribution in [1.82, 2.24) is 14.9 Å². The van der Waals surface area contributed by atoms with Crippen LogP contribution < -0.4 is 5.56 Å². The van der Waals surface area contributed by atoms with Crippen LogP contribution in [0.3, 0.4) is 0 Å².